The first-order chi connectivity index (χ1) is 11.0. The predicted molar refractivity (Wildman–Crippen MR) is 84.0 cm³/mol. The molecule has 0 unspecified atom stereocenters. The Bertz CT molecular complexity index is 881. The van der Waals surface area contributed by atoms with E-state index in [0.717, 1.165) is 5.56 Å². The molecule has 2 aromatic heterocycles. The summed E-state index contributed by atoms with van der Waals surface area (Å²) < 4.78 is 36.7. The van der Waals surface area contributed by atoms with E-state index in [-0.39, 0.29) is 11.4 Å². The first-order valence-corrected chi connectivity index (χ1v) is 8.43. The van der Waals surface area contributed by atoms with Gasteiger partial charge in [-0.15, -0.1) is 0 Å². The summed E-state index contributed by atoms with van der Waals surface area (Å²) in [5, 5.41) is 3.89. The van der Waals surface area contributed by atoms with E-state index in [2.05, 4.69) is 5.16 Å². The number of furan rings is 1. The van der Waals surface area contributed by atoms with Gasteiger partial charge in [0.2, 0.25) is 15.8 Å². The van der Waals surface area contributed by atoms with Crippen LogP contribution in [0.25, 0.3) is 11.5 Å². The van der Waals surface area contributed by atoms with Crippen molar-refractivity contribution in [1.82, 2.24) is 9.46 Å². The lowest BCUT2D eigenvalue weighted by Gasteiger charge is -2.15. The fourth-order valence-corrected chi connectivity index (χ4v) is 3.27. The number of hydrogen-bond donors (Lipinski definition) is 0. The van der Waals surface area contributed by atoms with Crippen molar-refractivity contribution in [2.45, 2.75) is 18.4 Å². The maximum absolute atomic E-state index is 12.5. The summed E-state index contributed by atoms with van der Waals surface area (Å²) in [5.41, 5.74) is 1.51. The summed E-state index contributed by atoms with van der Waals surface area (Å²) in [4.78, 5) is 0.250. The summed E-state index contributed by atoms with van der Waals surface area (Å²) in [6, 6.07) is 11.9. The molecule has 0 amide bonds. The monoisotopic (exact) mass is 332 g/mol. The van der Waals surface area contributed by atoms with Gasteiger partial charge in [0.25, 0.3) is 0 Å². The first-order valence-electron chi connectivity index (χ1n) is 6.99. The minimum atomic E-state index is -3.57. The lowest BCUT2D eigenvalue weighted by molar-refractivity contribution is 0.394. The Balaban J connectivity index is 1.78. The predicted octanol–water partition coefficient (Wildman–Crippen LogP) is 3.06. The molecular weight excluding hydrogens is 316 g/mol. The first kappa shape index (κ1) is 15.5. The van der Waals surface area contributed by atoms with Crippen LogP contribution in [0.4, 0.5) is 0 Å². The van der Waals surface area contributed by atoms with Gasteiger partial charge in [-0.05, 0) is 31.2 Å². The third-order valence-corrected chi connectivity index (χ3v) is 5.25. The molecule has 1 aromatic carbocycles. The Kier molecular flexibility index (Phi) is 4.06. The summed E-state index contributed by atoms with van der Waals surface area (Å²) in [7, 11) is -2.06. The Morgan fingerprint density at radius 2 is 1.87 bits per heavy atom. The molecule has 6 nitrogen and oxygen atoms in total. The van der Waals surface area contributed by atoms with Crippen LogP contribution >= 0.6 is 0 Å². The lowest BCUT2D eigenvalue weighted by Crippen LogP contribution is -2.26. The second-order valence-electron chi connectivity index (χ2n) is 5.23. The van der Waals surface area contributed by atoms with Crippen LogP contribution in [0, 0.1) is 6.92 Å². The van der Waals surface area contributed by atoms with Gasteiger partial charge in [0, 0.05) is 13.1 Å². The average Bonchev–Trinajstić information content (AvgIpc) is 3.18. The Hall–Kier alpha value is -2.38. The standard InChI is InChI=1S/C16H16N2O4S/c1-12-5-7-14(8-6-12)23(19,20)18(2)11-13-10-16(22-17-13)15-4-3-9-21-15/h3-10H,11H2,1-2H3. The van der Waals surface area contributed by atoms with Crippen molar-refractivity contribution in [1.29, 1.82) is 0 Å². The highest BCUT2D eigenvalue weighted by Crippen LogP contribution is 2.22. The average molecular weight is 332 g/mol. The van der Waals surface area contributed by atoms with Crippen LogP contribution in [-0.2, 0) is 16.6 Å². The smallest absolute Gasteiger partial charge is 0.243 e. The second kappa shape index (κ2) is 6.02. The molecule has 0 aliphatic rings. The minimum Gasteiger partial charge on any atom is -0.461 e. The van der Waals surface area contributed by atoms with Crippen LogP contribution in [-0.4, -0.2) is 24.9 Å². The largest absolute Gasteiger partial charge is 0.461 e. The molecule has 0 N–H and O–H groups in total. The van der Waals surface area contributed by atoms with Crippen molar-refractivity contribution in [2.24, 2.45) is 0 Å². The molecule has 0 saturated carbocycles. The lowest BCUT2D eigenvalue weighted by atomic mass is 10.2. The maximum Gasteiger partial charge on any atom is 0.243 e. The SMILES string of the molecule is Cc1ccc(S(=O)(=O)N(C)Cc2cc(-c3ccco3)on2)cc1. The van der Waals surface area contributed by atoms with E-state index in [9.17, 15) is 8.42 Å². The Labute approximate surface area is 134 Å². The zero-order valence-electron chi connectivity index (χ0n) is 12.8. The molecule has 120 valence electrons. The van der Waals surface area contributed by atoms with Crippen LogP contribution in [0.5, 0.6) is 0 Å². The van der Waals surface area contributed by atoms with Crippen LogP contribution in [0.3, 0.4) is 0 Å². The third kappa shape index (κ3) is 3.20. The van der Waals surface area contributed by atoms with Gasteiger partial charge in [0.1, 0.15) is 0 Å². The molecule has 3 rings (SSSR count). The van der Waals surface area contributed by atoms with Gasteiger partial charge in [-0.1, -0.05) is 22.9 Å². The quantitative estimate of drug-likeness (QED) is 0.717. The van der Waals surface area contributed by atoms with E-state index < -0.39 is 10.0 Å². The van der Waals surface area contributed by atoms with Crippen molar-refractivity contribution in [3.8, 4) is 11.5 Å². The number of aromatic nitrogens is 1. The van der Waals surface area contributed by atoms with Crippen LogP contribution < -0.4 is 0 Å². The van der Waals surface area contributed by atoms with E-state index in [1.54, 1.807) is 42.5 Å². The highest BCUT2D eigenvalue weighted by molar-refractivity contribution is 7.89. The number of benzene rings is 1. The van der Waals surface area contributed by atoms with Gasteiger partial charge < -0.3 is 8.94 Å². The van der Waals surface area contributed by atoms with Gasteiger partial charge in [-0.3, -0.25) is 0 Å². The molecule has 0 spiro atoms. The van der Waals surface area contributed by atoms with Crippen molar-refractivity contribution in [3.05, 3.63) is 60.0 Å². The molecule has 7 heteroatoms. The highest BCUT2D eigenvalue weighted by Gasteiger charge is 2.22. The normalized spacial score (nSPS) is 12.0. The molecule has 3 aromatic rings. The number of hydrogen-bond acceptors (Lipinski definition) is 5. The van der Waals surface area contributed by atoms with Gasteiger partial charge in [0.05, 0.1) is 23.4 Å². The number of aryl methyl sites for hydroxylation is 1. The Morgan fingerprint density at radius 1 is 1.13 bits per heavy atom. The molecule has 23 heavy (non-hydrogen) atoms. The van der Waals surface area contributed by atoms with Crippen LogP contribution in [0.15, 0.2) is 62.6 Å². The zero-order valence-corrected chi connectivity index (χ0v) is 13.6. The molecule has 0 aliphatic carbocycles. The molecule has 0 bridgehead atoms. The van der Waals surface area contributed by atoms with E-state index in [4.69, 9.17) is 8.94 Å². The molecule has 0 aliphatic heterocycles. The fourth-order valence-electron chi connectivity index (χ4n) is 2.12. The summed E-state index contributed by atoms with van der Waals surface area (Å²) >= 11 is 0. The molecule has 0 saturated heterocycles. The van der Waals surface area contributed by atoms with Crippen molar-refractivity contribution < 1.29 is 17.4 Å². The summed E-state index contributed by atoms with van der Waals surface area (Å²) in [6.07, 6.45) is 1.53. The van der Waals surface area contributed by atoms with Gasteiger partial charge >= 0.3 is 0 Å². The van der Waals surface area contributed by atoms with E-state index in [0.29, 0.717) is 17.2 Å². The van der Waals surface area contributed by atoms with Gasteiger partial charge in [0.15, 0.2) is 5.76 Å². The van der Waals surface area contributed by atoms with E-state index >= 15 is 0 Å². The fraction of sp³-hybridized carbons (Fsp3) is 0.188. The van der Waals surface area contributed by atoms with Gasteiger partial charge in [-0.25, -0.2) is 8.42 Å². The van der Waals surface area contributed by atoms with E-state index in [1.165, 1.54) is 17.6 Å². The molecule has 0 fully saturated rings. The van der Waals surface area contributed by atoms with Crippen molar-refractivity contribution in [2.75, 3.05) is 7.05 Å². The number of rotatable bonds is 5. The van der Waals surface area contributed by atoms with Crippen LogP contribution in [0.2, 0.25) is 0 Å². The minimum absolute atomic E-state index is 0.112. The summed E-state index contributed by atoms with van der Waals surface area (Å²) in [6.45, 7) is 2.02. The second-order valence-corrected chi connectivity index (χ2v) is 7.28. The Morgan fingerprint density at radius 3 is 2.52 bits per heavy atom. The van der Waals surface area contributed by atoms with Crippen molar-refractivity contribution in [3.63, 3.8) is 0 Å². The molecule has 0 radical (unpaired) electrons. The topological polar surface area (TPSA) is 76.6 Å². The van der Waals surface area contributed by atoms with E-state index in [1.807, 2.05) is 6.92 Å². The highest BCUT2D eigenvalue weighted by atomic mass is 32.2. The van der Waals surface area contributed by atoms with Crippen molar-refractivity contribution >= 4 is 10.0 Å². The molecular formula is C16H16N2O4S. The van der Waals surface area contributed by atoms with Crippen LogP contribution in [0.1, 0.15) is 11.3 Å². The number of nitrogens with zero attached hydrogens (tertiary/aromatic N) is 2. The molecule has 2 heterocycles. The van der Waals surface area contributed by atoms with Gasteiger partial charge in [-0.2, -0.15) is 4.31 Å². The number of sulfonamides is 1. The summed E-state index contributed by atoms with van der Waals surface area (Å²) in [5.74, 6) is 1.01. The maximum atomic E-state index is 12.5. The zero-order chi connectivity index (χ0) is 16.4. The third-order valence-electron chi connectivity index (χ3n) is 3.44. The molecule has 0 atom stereocenters.